The van der Waals surface area contributed by atoms with E-state index in [1.54, 1.807) is 0 Å². The minimum absolute atomic E-state index is 0.389. The van der Waals surface area contributed by atoms with Gasteiger partial charge >= 0.3 is 0 Å². The Morgan fingerprint density at radius 3 is 2.03 bits per heavy atom. The van der Waals surface area contributed by atoms with Crippen molar-refractivity contribution in [2.45, 2.75) is 106 Å². The molecule has 0 heterocycles. The smallest absolute Gasteiger partial charge is 0.0167 e. The summed E-state index contributed by atoms with van der Waals surface area (Å²) in [5.74, 6) is 1.38. The van der Waals surface area contributed by atoms with Gasteiger partial charge < -0.3 is 0 Å². The summed E-state index contributed by atoms with van der Waals surface area (Å²) in [4.78, 5) is 0. The summed E-state index contributed by atoms with van der Waals surface area (Å²) in [6, 6.07) is 8.73. The van der Waals surface area contributed by atoms with Gasteiger partial charge in [0.05, 0.1) is 0 Å². The van der Waals surface area contributed by atoms with Crippen LogP contribution in [0.2, 0.25) is 0 Å². The molecule has 0 spiro atoms. The zero-order valence-electron chi connectivity index (χ0n) is 26.5. The van der Waals surface area contributed by atoms with Gasteiger partial charge in [-0.15, -0.1) is 9.24 Å². The van der Waals surface area contributed by atoms with Gasteiger partial charge in [0.1, 0.15) is 0 Å². The largest absolute Gasteiger partial charge is 0.141 e. The topological polar surface area (TPSA) is 0 Å². The van der Waals surface area contributed by atoms with Gasteiger partial charge in [-0.2, -0.15) is 0 Å². The molecule has 1 saturated carbocycles. The number of hydrogen-bond acceptors (Lipinski definition) is 0. The molecule has 2 rings (SSSR count). The van der Waals surface area contributed by atoms with E-state index in [0.29, 0.717) is 11.3 Å². The molecule has 0 aliphatic heterocycles. The molecule has 0 amide bonds. The predicted molar refractivity (Wildman–Crippen MR) is 184 cm³/mol. The molecule has 0 aromatic heterocycles. The number of hydrogen-bond donors (Lipinski definition) is 0. The first kappa shape index (κ1) is 35.1. The third-order valence-corrected chi connectivity index (χ3v) is 8.62. The molecule has 1 fully saturated rings. The Morgan fingerprint density at radius 1 is 1.00 bits per heavy atom. The maximum atomic E-state index is 4.51. The highest BCUT2D eigenvalue weighted by molar-refractivity contribution is 7.15. The van der Waals surface area contributed by atoms with E-state index < -0.39 is 0 Å². The molecule has 0 N–H and O–H groups in total. The summed E-state index contributed by atoms with van der Waals surface area (Å²) in [5.41, 5.74) is 10.1. The fourth-order valence-corrected chi connectivity index (χ4v) is 6.26. The maximum absolute atomic E-state index is 4.51. The van der Waals surface area contributed by atoms with E-state index in [1.807, 2.05) is 12.7 Å². The molecule has 0 saturated heterocycles. The van der Waals surface area contributed by atoms with E-state index in [9.17, 15) is 0 Å². The van der Waals surface area contributed by atoms with Gasteiger partial charge in [-0.1, -0.05) is 116 Å². The lowest BCUT2D eigenvalue weighted by Crippen LogP contribution is -2.27. The summed E-state index contributed by atoms with van der Waals surface area (Å²) in [6.45, 7) is 28.3. The van der Waals surface area contributed by atoms with Crippen molar-refractivity contribution in [3.63, 3.8) is 0 Å². The summed E-state index contributed by atoms with van der Waals surface area (Å²) >= 11 is 0. The monoisotopic (exact) mass is 546 g/mol. The molecule has 1 aliphatic carbocycles. The number of allylic oxidation sites excluding steroid dienone is 8. The summed E-state index contributed by atoms with van der Waals surface area (Å²) in [6.07, 6.45) is 21.0. The molecule has 216 valence electrons. The van der Waals surface area contributed by atoms with Gasteiger partial charge in [0, 0.05) is 0 Å². The second-order valence-corrected chi connectivity index (χ2v) is 11.7. The molecule has 0 bridgehead atoms. The van der Waals surface area contributed by atoms with Crippen LogP contribution in [-0.2, 0) is 0 Å². The van der Waals surface area contributed by atoms with Crippen LogP contribution in [0.1, 0.15) is 117 Å². The van der Waals surface area contributed by atoms with Crippen molar-refractivity contribution < 1.29 is 0 Å². The molecule has 1 unspecified atom stereocenters. The quantitative estimate of drug-likeness (QED) is 0.161. The molecule has 39 heavy (non-hydrogen) atoms. The average Bonchev–Trinajstić information content (AvgIpc) is 2.97. The molecule has 1 aromatic rings. The van der Waals surface area contributed by atoms with E-state index in [-0.39, 0.29) is 0 Å². The second-order valence-electron chi connectivity index (χ2n) is 11.7. The Labute approximate surface area is 245 Å². The fraction of sp³-hybridized carbons (Fsp3) is 0.526. The Morgan fingerprint density at radius 2 is 1.59 bits per heavy atom. The van der Waals surface area contributed by atoms with Crippen molar-refractivity contribution in [3.8, 4) is 0 Å². The minimum Gasteiger partial charge on any atom is -0.141 e. The van der Waals surface area contributed by atoms with Crippen LogP contribution in [0.3, 0.4) is 0 Å². The minimum atomic E-state index is 0.389. The van der Waals surface area contributed by atoms with E-state index >= 15 is 0 Å². The highest BCUT2D eigenvalue weighted by Gasteiger charge is 2.35. The standard InChI is InChI=1S/C37H54.CH5P/c1-10-16-32(12-3)36(33(13-4)25-28(7)8)34(14-5)26-31-21-23-37(15-6,24-22-31)27-29(9)35-19-17-30(11-2)18-20-35;1-2/h11-14,17-20,28,31H,2,4,9-10,15-16,21-27H2,1,3,5-8H3;2H2,1H3/b32-12-,34-14-,36-33-;. The van der Waals surface area contributed by atoms with Crippen molar-refractivity contribution >= 4 is 20.9 Å². The van der Waals surface area contributed by atoms with Crippen LogP contribution >= 0.6 is 9.24 Å². The SMILES string of the molecule is C=C/C(CC(C)C)=C(C(=C/C)\CCC)/C(=C\C)CC1CCC(CC)(CC(=C)c2ccc(C=C)cc2)CC1.CP. The Hall–Kier alpha value is -1.91. The average molecular weight is 547 g/mol. The van der Waals surface area contributed by atoms with Gasteiger partial charge in [0.2, 0.25) is 0 Å². The Kier molecular flexibility index (Phi) is 16.6. The van der Waals surface area contributed by atoms with Gasteiger partial charge in [-0.05, 0) is 121 Å². The molecule has 1 heteroatoms. The molecular weight excluding hydrogens is 487 g/mol. The third-order valence-electron chi connectivity index (χ3n) is 8.62. The summed E-state index contributed by atoms with van der Waals surface area (Å²) in [7, 11) is 2.42. The number of benzene rings is 1. The van der Waals surface area contributed by atoms with Crippen LogP contribution in [0.25, 0.3) is 11.6 Å². The first-order valence-corrected chi connectivity index (χ1v) is 16.6. The van der Waals surface area contributed by atoms with E-state index in [2.05, 4.69) is 113 Å². The zero-order valence-corrected chi connectivity index (χ0v) is 27.7. The van der Waals surface area contributed by atoms with Crippen LogP contribution in [0, 0.1) is 17.3 Å². The lowest BCUT2D eigenvalue weighted by molar-refractivity contribution is 0.147. The first-order valence-electron chi connectivity index (χ1n) is 15.4. The Bertz CT molecular complexity index is 988. The number of rotatable bonds is 14. The lowest BCUT2D eigenvalue weighted by Gasteiger charge is -2.41. The van der Waals surface area contributed by atoms with E-state index in [1.165, 1.54) is 83.9 Å². The molecule has 0 nitrogen and oxygen atoms in total. The Balaban J connectivity index is 0.00000371. The molecule has 1 aromatic carbocycles. The molecular formula is C38H59P. The van der Waals surface area contributed by atoms with Crippen LogP contribution in [-0.4, -0.2) is 6.66 Å². The molecule has 1 atom stereocenters. The van der Waals surface area contributed by atoms with Gasteiger partial charge in [-0.3, -0.25) is 0 Å². The van der Waals surface area contributed by atoms with Gasteiger partial charge in [0.25, 0.3) is 0 Å². The van der Waals surface area contributed by atoms with Crippen LogP contribution in [0.5, 0.6) is 0 Å². The summed E-state index contributed by atoms with van der Waals surface area (Å²) in [5, 5.41) is 0. The molecule has 1 aliphatic rings. The van der Waals surface area contributed by atoms with Crippen molar-refractivity contribution in [3.05, 3.63) is 95.6 Å². The van der Waals surface area contributed by atoms with E-state index in [0.717, 1.165) is 25.2 Å². The fourth-order valence-electron chi connectivity index (χ4n) is 6.26. The van der Waals surface area contributed by atoms with Crippen LogP contribution in [0.4, 0.5) is 0 Å². The lowest BCUT2D eigenvalue weighted by atomic mass is 9.64. The first-order chi connectivity index (χ1) is 18.8. The van der Waals surface area contributed by atoms with Crippen LogP contribution < -0.4 is 0 Å². The predicted octanol–water partition coefficient (Wildman–Crippen LogP) is 12.4. The second kappa shape index (κ2) is 18.4. The third kappa shape index (κ3) is 10.5. The highest BCUT2D eigenvalue weighted by Crippen LogP contribution is 2.49. The molecule has 0 radical (unpaired) electrons. The van der Waals surface area contributed by atoms with Crippen molar-refractivity contribution in [2.75, 3.05) is 6.66 Å². The highest BCUT2D eigenvalue weighted by atomic mass is 31.0. The van der Waals surface area contributed by atoms with Crippen molar-refractivity contribution in [1.82, 2.24) is 0 Å². The van der Waals surface area contributed by atoms with Crippen molar-refractivity contribution in [2.24, 2.45) is 17.3 Å². The maximum Gasteiger partial charge on any atom is -0.0167 e. The normalized spacial score (nSPS) is 20.6. The van der Waals surface area contributed by atoms with Crippen molar-refractivity contribution in [1.29, 1.82) is 0 Å². The van der Waals surface area contributed by atoms with Gasteiger partial charge in [-0.25, -0.2) is 0 Å². The summed E-state index contributed by atoms with van der Waals surface area (Å²) < 4.78 is 0. The van der Waals surface area contributed by atoms with Crippen LogP contribution in [0.15, 0.2) is 84.5 Å². The zero-order chi connectivity index (χ0) is 29.4. The van der Waals surface area contributed by atoms with E-state index in [4.69, 9.17) is 0 Å². The van der Waals surface area contributed by atoms with Gasteiger partial charge in [0.15, 0.2) is 0 Å².